The average molecular weight is 264 g/mol. The lowest BCUT2D eigenvalue weighted by atomic mass is 10.1. The quantitative estimate of drug-likeness (QED) is 0.355. The molecule has 0 aromatic carbocycles. The fraction of sp³-hybridized carbons (Fsp3) is 0.778. The van der Waals surface area contributed by atoms with Gasteiger partial charge in [-0.1, -0.05) is 47.3 Å². The molecule has 13 heavy (non-hydrogen) atoms. The number of hydrogen-bond acceptors (Lipinski definition) is 0. The summed E-state index contributed by atoms with van der Waals surface area (Å²) in [7, 11) is 0. The van der Waals surface area contributed by atoms with Crippen LogP contribution >= 0.6 is 46.4 Å². The number of hydrogen-bond donors (Lipinski definition) is 0. The highest BCUT2D eigenvalue weighted by atomic mass is 35.6. The van der Waals surface area contributed by atoms with Crippen molar-refractivity contribution in [3.63, 3.8) is 0 Å². The first-order valence-corrected chi connectivity index (χ1v) is 5.84. The van der Waals surface area contributed by atoms with Crippen molar-refractivity contribution in [1.29, 1.82) is 0 Å². The van der Waals surface area contributed by atoms with Crippen LogP contribution in [0.15, 0.2) is 12.7 Å². The normalized spacial score (nSPS) is 14.2. The average Bonchev–Trinajstić information content (AvgIpc) is 1.94. The lowest BCUT2D eigenvalue weighted by molar-refractivity contribution is 0.630. The molecule has 0 bridgehead atoms. The molecule has 0 radical (unpaired) electrons. The predicted octanol–water partition coefficient (Wildman–Crippen LogP) is 5.10. The summed E-state index contributed by atoms with van der Waals surface area (Å²) in [5.41, 5.74) is 0. The monoisotopic (exact) mass is 262 g/mol. The van der Waals surface area contributed by atoms with E-state index in [1.54, 1.807) is 0 Å². The van der Waals surface area contributed by atoms with Crippen LogP contribution in [-0.4, -0.2) is 9.17 Å². The van der Waals surface area contributed by atoms with E-state index in [9.17, 15) is 0 Å². The van der Waals surface area contributed by atoms with Crippen molar-refractivity contribution in [1.82, 2.24) is 0 Å². The van der Waals surface area contributed by atoms with Crippen molar-refractivity contribution in [2.45, 2.75) is 41.3 Å². The first kappa shape index (κ1) is 13.9. The van der Waals surface area contributed by atoms with Gasteiger partial charge in [0, 0.05) is 11.8 Å². The fourth-order valence-electron chi connectivity index (χ4n) is 1.01. The van der Waals surface area contributed by atoms with Gasteiger partial charge in [0.2, 0.25) is 0 Å². The fourth-order valence-corrected chi connectivity index (χ4v) is 2.19. The molecule has 0 saturated carbocycles. The zero-order valence-electron chi connectivity index (χ0n) is 7.41. The Bertz CT molecular complexity index is 139. The summed E-state index contributed by atoms with van der Waals surface area (Å²) in [4.78, 5) is 0. The summed E-state index contributed by atoms with van der Waals surface area (Å²) >= 11 is 22.8. The van der Waals surface area contributed by atoms with Crippen LogP contribution in [0.25, 0.3) is 0 Å². The van der Waals surface area contributed by atoms with Gasteiger partial charge in [0.25, 0.3) is 0 Å². The minimum Gasteiger partial charge on any atom is -0.123 e. The molecule has 1 atom stereocenters. The highest BCUT2D eigenvalue weighted by molar-refractivity contribution is 6.67. The molecule has 1 unspecified atom stereocenters. The third kappa shape index (κ3) is 10.8. The van der Waals surface area contributed by atoms with E-state index in [0.717, 1.165) is 25.7 Å². The zero-order valence-corrected chi connectivity index (χ0v) is 10.4. The van der Waals surface area contributed by atoms with Crippen molar-refractivity contribution in [2.24, 2.45) is 0 Å². The van der Waals surface area contributed by atoms with Crippen LogP contribution in [0.1, 0.15) is 32.1 Å². The van der Waals surface area contributed by atoms with Gasteiger partial charge in [-0.15, -0.1) is 18.2 Å². The molecule has 0 saturated heterocycles. The molecule has 78 valence electrons. The summed E-state index contributed by atoms with van der Waals surface area (Å²) in [6.07, 6.45) is 6.39. The molecule has 0 nitrogen and oxygen atoms in total. The van der Waals surface area contributed by atoms with Gasteiger partial charge in [-0.2, -0.15) is 0 Å². The SMILES string of the molecule is C=CCCCCC(Cl)CC(Cl)(Cl)Cl. The maximum Gasteiger partial charge on any atom is 0.192 e. The van der Waals surface area contributed by atoms with Gasteiger partial charge in [0.15, 0.2) is 3.79 Å². The molecule has 0 N–H and O–H groups in total. The smallest absolute Gasteiger partial charge is 0.123 e. The Morgan fingerprint density at radius 2 is 1.85 bits per heavy atom. The van der Waals surface area contributed by atoms with Gasteiger partial charge >= 0.3 is 0 Å². The Hall–Kier alpha value is 0.900. The van der Waals surface area contributed by atoms with E-state index in [0.29, 0.717) is 6.42 Å². The van der Waals surface area contributed by atoms with E-state index in [1.165, 1.54) is 0 Å². The van der Waals surface area contributed by atoms with E-state index in [2.05, 4.69) is 6.58 Å². The maximum absolute atomic E-state index is 5.97. The van der Waals surface area contributed by atoms with Gasteiger partial charge in [-0.05, 0) is 19.3 Å². The Morgan fingerprint density at radius 1 is 1.23 bits per heavy atom. The Labute approximate surface area is 100 Å². The van der Waals surface area contributed by atoms with Crippen LogP contribution in [0.2, 0.25) is 0 Å². The molecule has 0 spiro atoms. The minimum absolute atomic E-state index is 0.0442. The Kier molecular flexibility index (Phi) is 7.73. The van der Waals surface area contributed by atoms with Crippen LogP contribution in [0, 0.1) is 0 Å². The summed E-state index contributed by atoms with van der Waals surface area (Å²) in [6.45, 7) is 3.64. The molecule has 4 heteroatoms. The highest BCUT2D eigenvalue weighted by Crippen LogP contribution is 2.34. The van der Waals surface area contributed by atoms with Gasteiger partial charge in [-0.3, -0.25) is 0 Å². The lowest BCUT2D eigenvalue weighted by Gasteiger charge is -2.14. The van der Waals surface area contributed by atoms with E-state index in [-0.39, 0.29) is 5.38 Å². The van der Waals surface area contributed by atoms with Crippen molar-refractivity contribution in [3.05, 3.63) is 12.7 Å². The standard InChI is InChI=1S/C9H14Cl4/c1-2-3-4-5-6-8(10)7-9(11,12)13/h2,8H,1,3-7H2. The number of allylic oxidation sites excluding steroid dienone is 1. The number of unbranched alkanes of at least 4 members (excludes halogenated alkanes) is 2. The summed E-state index contributed by atoms with van der Waals surface area (Å²) < 4.78 is -1.22. The minimum atomic E-state index is -1.22. The van der Waals surface area contributed by atoms with Crippen molar-refractivity contribution < 1.29 is 0 Å². The first-order chi connectivity index (χ1) is 5.95. The van der Waals surface area contributed by atoms with Crippen molar-refractivity contribution in [2.75, 3.05) is 0 Å². The van der Waals surface area contributed by atoms with Crippen LogP contribution in [0.3, 0.4) is 0 Å². The maximum atomic E-state index is 5.97. The molecule has 0 aliphatic rings. The van der Waals surface area contributed by atoms with Crippen LogP contribution in [0.4, 0.5) is 0 Å². The van der Waals surface area contributed by atoms with Crippen LogP contribution < -0.4 is 0 Å². The number of alkyl halides is 4. The molecule has 0 heterocycles. The van der Waals surface area contributed by atoms with Crippen molar-refractivity contribution in [3.8, 4) is 0 Å². The van der Waals surface area contributed by atoms with E-state index >= 15 is 0 Å². The van der Waals surface area contributed by atoms with Gasteiger partial charge in [0.05, 0.1) is 0 Å². The molecular weight excluding hydrogens is 250 g/mol. The molecule has 0 aliphatic carbocycles. The van der Waals surface area contributed by atoms with Gasteiger partial charge < -0.3 is 0 Å². The molecule has 0 amide bonds. The zero-order chi connectivity index (χ0) is 10.3. The molecule has 0 aromatic heterocycles. The topological polar surface area (TPSA) is 0 Å². The second-order valence-electron chi connectivity index (χ2n) is 2.99. The summed E-state index contributed by atoms with van der Waals surface area (Å²) in [5.74, 6) is 0. The van der Waals surface area contributed by atoms with E-state index in [1.807, 2.05) is 6.08 Å². The molecule has 0 aliphatic heterocycles. The predicted molar refractivity (Wildman–Crippen MR) is 63.2 cm³/mol. The van der Waals surface area contributed by atoms with E-state index < -0.39 is 3.79 Å². The molecule has 0 aromatic rings. The van der Waals surface area contributed by atoms with Gasteiger partial charge in [-0.25, -0.2) is 0 Å². The summed E-state index contributed by atoms with van der Waals surface area (Å²) in [6, 6.07) is 0. The van der Waals surface area contributed by atoms with Crippen LogP contribution in [-0.2, 0) is 0 Å². The largest absolute Gasteiger partial charge is 0.192 e. The Balaban J connectivity index is 3.40. The molecule has 0 rings (SSSR count). The molecular formula is C9H14Cl4. The highest BCUT2D eigenvalue weighted by Gasteiger charge is 2.23. The Morgan fingerprint density at radius 3 is 2.31 bits per heavy atom. The third-order valence-electron chi connectivity index (χ3n) is 1.63. The number of rotatable bonds is 6. The summed E-state index contributed by atoms with van der Waals surface area (Å²) in [5, 5.41) is -0.0442. The van der Waals surface area contributed by atoms with Crippen molar-refractivity contribution >= 4 is 46.4 Å². The number of halogens is 4. The van der Waals surface area contributed by atoms with Gasteiger partial charge in [0.1, 0.15) is 0 Å². The van der Waals surface area contributed by atoms with Crippen LogP contribution in [0.5, 0.6) is 0 Å². The van der Waals surface area contributed by atoms with E-state index in [4.69, 9.17) is 46.4 Å². The first-order valence-electron chi connectivity index (χ1n) is 4.27. The second-order valence-corrected chi connectivity index (χ2v) is 6.12. The molecule has 0 fully saturated rings. The second kappa shape index (κ2) is 7.23. The third-order valence-corrected chi connectivity index (χ3v) is 2.46. The lowest BCUT2D eigenvalue weighted by Crippen LogP contribution is -2.11.